The van der Waals surface area contributed by atoms with Gasteiger partial charge in [-0.15, -0.1) is 0 Å². The molecule has 2 fully saturated rings. The average Bonchev–Trinajstić information content (AvgIpc) is 3.44. The molecule has 2 N–H and O–H groups in total. The van der Waals surface area contributed by atoms with E-state index in [2.05, 4.69) is 16.5 Å². The first-order chi connectivity index (χ1) is 13.2. The van der Waals surface area contributed by atoms with E-state index in [1.54, 1.807) is 23.1 Å². The SMILES string of the molecule is C=CC(=O)N1CC2(CC2)S(=O)(=O)C[C@H]1c1cc(Cl)cc(-c2ncc(N)cn2)c1. The fourth-order valence-electron chi connectivity index (χ4n) is 3.65. The van der Waals surface area contributed by atoms with E-state index in [1.807, 2.05) is 0 Å². The molecule has 2 heterocycles. The standard InChI is InChI=1S/C19H19ClN4O3S/c1-2-17(25)24-11-19(3-4-19)28(26,27)10-16(24)12-5-13(7-14(20)6-12)18-22-8-15(21)9-23-18/h2,5-9,16H,1,3-4,10-11,21H2/t16-/m0/s1. The Morgan fingerprint density at radius 3 is 2.57 bits per heavy atom. The van der Waals surface area contributed by atoms with Crippen molar-refractivity contribution in [3.05, 3.63) is 53.8 Å². The van der Waals surface area contributed by atoms with E-state index in [1.165, 1.54) is 18.5 Å². The molecule has 1 atom stereocenters. The summed E-state index contributed by atoms with van der Waals surface area (Å²) in [6.45, 7) is 3.73. The molecule has 7 nitrogen and oxygen atoms in total. The summed E-state index contributed by atoms with van der Waals surface area (Å²) < 4.78 is 24.9. The van der Waals surface area contributed by atoms with Crippen molar-refractivity contribution < 1.29 is 13.2 Å². The number of anilines is 1. The summed E-state index contributed by atoms with van der Waals surface area (Å²) in [5.74, 6) is -0.0251. The van der Waals surface area contributed by atoms with E-state index < -0.39 is 20.6 Å². The van der Waals surface area contributed by atoms with Gasteiger partial charge in [-0.1, -0.05) is 18.2 Å². The van der Waals surface area contributed by atoms with Gasteiger partial charge in [-0.2, -0.15) is 0 Å². The lowest BCUT2D eigenvalue weighted by Gasteiger charge is -2.39. The van der Waals surface area contributed by atoms with Gasteiger partial charge in [0, 0.05) is 17.1 Å². The van der Waals surface area contributed by atoms with E-state index in [0.717, 1.165) is 0 Å². The van der Waals surface area contributed by atoms with Gasteiger partial charge < -0.3 is 10.6 Å². The predicted octanol–water partition coefficient (Wildman–Crippen LogP) is 2.40. The van der Waals surface area contributed by atoms with Gasteiger partial charge in [0.15, 0.2) is 15.7 Å². The molecule has 1 amide bonds. The Kier molecular flexibility index (Phi) is 4.43. The number of hydrogen-bond acceptors (Lipinski definition) is 6. The molecule has 2 aromatic rings. The number of amides is 1. The van der Waals surface area contributed by atoms with Crippen LogP contribution in [0.4, 0.5) is 5.69 Å². The van der Waals surface area contributed by atoms with Crippen molar-refractivity contribution in [1.82, 2.24) is 14.9 Å². The summed E-state index contributed by atoms with van der Waals surface area (Å²) in [6.07, 6.45) is 5.36. The summed E-state index contributed by atoms with van der Waals surface area (Å²) in [6, 6.07) is 4.49. The van der Waals surface area contributed by atoms with Gasteiger partial charge in [0.2, 0.25) is 5.91 Å². The molecule has 4 rings (SSSR count). The first kappa shape index (κ1) is 18.9. The Hall–Kier alpha value is -2.45. The third-order valence-corrected chi connectivity index (χ3v) is 8.20. The Bertz CT molecular complexity index is 1070. The number of carbonyl (C=O) groups excluding carboxylic acids is 1. The summed E-state index contributed by atoms with van der Waals surface area (Å²) in [4.78, 5) is 22.5. The maximum atomic E-state index is 12.8. The highest BCUT2D eigenvalue weighted by Crippen LogP contribution is 2.50. The zero-order valence-electron chi connectivity index (χ0n) is 15.0. The van der Waals surface area contributed by atoms with E-state index >= 15 is 0 Å². The Balaban J connectivity index is 1.78. The molecule has 1 aliphatic heterocycles. The lowest BCUT2D eigenvalue weighted by Crippen LogP contribution is -2.52. The number of nitrogens with zero attached hydrogens (tertiary/aromatic N) is 3. The van der Waals surface area contributed by atoms with Crippen LogP contribution < -0.4 is 5.73 Å². The van der Waals surface area contributed by atoms with Crippen LogP contribution >= 0.6 is 11.6 Å². The number of halogens is 1. The zero-order chi connectivity index (χ0) is 20.1. The molecule has 9 heteroatoms. The van der Waals surface area contributed by atoms with Crippen molar-refractivity contribution in [2.24, 2.45) is 0 Å². The molecule has 28 heavy (non-hydrogen) atoms. The second-order valence-electron chi connectivity index (χ2n) is 7.26. The maximum absolute atomic E-state index is 12.8. The molecule has 0 radical (unpaired) electrons. The summed E-state index contributed by atoms with van der Waals surface area (Å²) in [7, 11) is -3.34. The number of sulfone groups is 1. The number of nitrogens with two attached hydrogens (primary N) is 1. The minimum atomic E-state index is -3.34. The predicted molar refractivity (Wildman–Crippen MR) is 107 cm³/mol. The van der Waals surface area contributed by atoms with Crippen molar-refractivity contribution >= 4 is 33.0 Å². The van der Waals surface area contributed by atoms with Gasteiger partial charge in [0.25, 0.3) is 0 Å². The van der Waals surface area contributed by atoms with Gasteiger partial charge in [0.05, 0.1) is 34.6 Å². The monoisotopic (exact) mass is 418 g/mol. The molecule has 1 saturated heterocycles. The topological polar surface area (TPSA) is 106 Å². The number of hydrogen-bond donors (Lipinski definition) is 1. The van der Waals surface area contributed by atoms with Crippen molar-refractivity contribution in [2.75, 3.05) is 18.0 Å². The largest absolute Gasteiger partial charge is 0.396 e. The molecule has 2 aliphatic rings. The second kappa shape index (κ2) is 6.56. The number of carbonyl (C=O) groups is 1. The van der Waals surface area contributed by atoms with Crippen LogP contribution in [0.3, 0.4) is 0 Å². The highest BCUT2D eigenvalue weighted by molar-refractivity contribution is 7.93. The molecule has 0 unspecified atom stereocenters. The summed E-state index contributed by atoms with van der Waals surface area (Å²) in [5.41, 5.74) is 7.32. The Morgan fingerprint density at radius 2 is 1.96 bits per heavy atom. The molecular formula is C19H19ClN4O3S. The molecule has 1 saturated carbocycles. The zero-order valence-corrected chi connectivity index (χ0v) is 16.6. The highest BCUT2D eigenvalue weighted by atomic mass is 35.5. The number of nitrogen functional groups attached to an aromatic ring is 1. The Labute approximate surface area is 168 Å². The van der Waals surface area contributed by atoms with Crippen molar-refractivity contribution in [2.45, 2.75) is 23.6 Å². The van der Waals surface area contributed by atoms with E-state index in [0.29, 0.717) is 40.5 Å². The first-order valence-corrected chi connectivity index (χ1v) is 10.8. The van der Waals surface area contributed by atoms with Crippen molar-refractivity contribution in [1.29, 1.82) is 0 Å². The van der Waals surface area contributed by atoms with E-state index in [-0.39, 0.29) is 18.2 Å². The van der Waals surface area contributed by atoms with Gasteiger partial charge in [-0.25, -0.2) is 18.4 Å². The van der Waals surface area contributed by atoms with Crippen LogP contribution in [0.5, 0.6) is 0 Å². The molecule has 1 aromatic heterocycles. The van der Waals surface area contributed by atoms with Crippen LogP contribution in [0.1, 0.15) is 24.4 Å². The normalized spacial score (nSPS) is 22.0. The van der Waals surface area contributed by atoms with Crippen LogP contribution in [0.2, 0.25) is 5.02 Å². The molecule has 1 aromatic carbocycles. The van der Waals surface area contributed by atoms with Gasteiger partial charge in [-0.3, -0.25) is 4.79 Å². The Morgan fingerprint density at radius 1 is 1.29 bits per heavy atom. The lowest BCUT2D eigenvalue weighted by molar-refractivity contribution is -0.128. The van der Waals surface area contributed by atoms with E-state index in [9.17, 15) is 13.2 Å². The smallest absolute Gasteiger partial charge is 0.246 e. The van der Waals surface area contributed by atoms with Crippen LogP contribution in [0.25, 0.3) is 11.4 Å². The maximum Gasteiger partial charge on any atom is 0.246 e. The third kappa shape index (κ3) is 3.16. The van der Waals surface area contributed by atoms with Crippen LogP contribution in [-0.4, -0.2) is 46.2 Å². The van der Waals surface area contributed by atoms with Crippen molar-refractivity contribution in [3.63, 3.8) is 0 Å². The van der Waals surface area contributed by atoms with E-state index in [4.69, 9.17) is 17.3 Å². The van der Waals surface area contributed by atoms with Gasteiger partial charge in [-0.05, 0) is 42.7 Å². The number of rotatable bonds is 3. The molecule has 1 spiro atoms. The van der Waals surface area contributed by atoms with Gasteiger partial charge >= 0.3 is 0 Å². The molecule has 1 aliphatic carbocycles. The third-order valence-electron chi connectivity index (χ3n) is 5.37. The quantitative estimate of drug-likeness (QED) is 0.767. The van der Waals surface area contributed by atoms with Crippen LogP contribution in [-0.2, 0) is 14.6 Å². The molecule has 146 valence electrons. The fraction of sp³-hybridized carbons (Fsp3) is 0.316. The van der Waals surface area contributed by atoms with Crippen LogP contribution in [0, 0.1) is 0 Å². The fourth-order valence-corrected chi connectivity index (χ4v) is 6.09. The molecule has 0 bridgehead atoms. The van der Waals surface area contributed by atoms with Gasteiger partial charge in [0.1, 0.15) is 0 Å². The highest BCUT2D eigenvalue weighted by Gasteiger charge is 2.59. The van der Waals surface area contributed by atoms with Crippen LogP contribution in [0.15, 0.2) is 43.2 Å². The average molecular weight is 419 g/mol. The van der Waals surface area contributed by atoms with Crippen molar-refractivity contribution in [3.8, 4) is 11.4 Å². The minimum absolute atomic E-state index is 0.144. The minimum Gasteiger partial charge on any atom is -0.396 e. The second-order valence-corrected chi connectivity index (χ2v) is 10.1. The number of aromatic nitrogens is 2. The number of benzene rings is 1. The summed E-state index contributed by atoms with van der Waals surface area (Å²) in [5, 5.41) is 0.406. The summed E-state index contributed by atoms with van der Waals surface area (Å²) >= 11 is 6.30. The first-order valence-electron chi connectivity index (χ1n) is 8.78. The lowest BCUT2D eigenvalue weighted by atomic mass is 10.0. The molecular weight excluding hydrogens is 400 g/mol.